The van der Waals surface area contributed by atoms with Gasteiger partial charge in [0.1, 0.15) is 17.1 Å². The lowest BCUT2D eigenvalue weighted by atomic mass is 10.2. The smallest absolute Gasteiger partial charge is 0.228 e. The Bertz CT molecular complexity index is 1290. The molecule has 0 spiro atoms. The monoisotopic (exact) mass is 487 g/mol. The van der Waals surface area contributed by atoms with Gasteiger partial charge in [-0.15, -0.1) is 0 Å². The fourth-order valence-corrected chi connectivity index (χ4v) is 4.56. The Hall–Kier alpha value is -3.76. The van der Waals surface area contributed by atoms with Crippen molar-refractivity contribution in [3.8, 4) is 17.0 Å². The van der Waals surface area contributed by atoms with Crippen LogP contribution in [0.5, 0.6) is 5.75 Å². The third-order valence-electron chi connectivity index (χ3n) is 6.59. The number of benzene rings is 1. The first-order valence-electron chi connectivity index (χ1n) is 12.3. The maximum Gasteiger partial charge on any atom is 0.228 e. The molecule has 0 atom stereocenters. The van der Waals surface area contributed by atoms with Gasteiger partial charge >= 0.3 is 0 Å². The first-order valence-corrected chi connectivity index (χ1v) is 12.3. The highest BCUT2D eigenvalue weighted by atomic mass is 16.5. The van der Waals surface area contributed by atoms with Gasteiger partial charge in [-0.25, -0.2) is 15.0 Å². The number of imidazole rings is 1. The molecule has 0 bridgehead atoms. The Balaban J connectivity index is 1.32. The summed E-state index contributed by atoms with van der Waals surface area (Å²) in [5.74, 6) is 2.48. The number of rotatable bonds is 6. The molecule has 4 aromatic rings. The third kappa shape index (κ3) is 4.69. The van der Waals surface area contributed by atoms with Gasteiger partial charge in [-0.3, -0.25) is 0 Å². The van der Waals surface area contributed by atoms with Crippen LogP contribution in [0.1, 0.15) is 5.56 Å². The zero-order valence-electron chi connectivity index (χ0n) is 20.3. The zero-order chi connectivity index (χ0) is 24.3. The summed E-state index contributed by atoms with van der Waals surface area (Å²) in [6, 6.07) is 12.1. The van der Waals surface area contributed by atoms with Crippen LogP contribution in [0.4, 0.5) is 11.8 Å². The first kappa shape index (κ1) is 22.7. The molecular formula is C26H29N7O3. The molecule has 3 aromatic heterocycles. The molecule has 5 heterocycles. The van der Waals surface area contributed by atoms with Gasteiger partial charge in [-0.2, -0.15) is 4.98 Å². The molecule has 1 aromatic carbocycles. The molecule has 186 valence electrons. The summed E-state index contributed by atoms with van der Waals surface area (Å²) in [6.45, 7) is 6.62. The van der Waals surface area contributed by atoms with Crippen molar-refractivity contribution in [1.82, 2.24) is 24.5 Å². The van der Waals surface area contributed by atoms with Gasteiger partial charge < -0.3 is 28.6 Å². The number of hydrogen-bond acceptors (Lipinski definition) is 9. The maximum absolute atomic E-state index is 5.55. The van der Waals surface area contributed by atoms with Gasteiger partial charge in [0.2, 0.25) is 5.95 Å². The van der Waals surface area contributed by atoms with Crippen LogP contribution >= 0.6 is 0 Å². The summed E-state index contributed by atoms with van der Waals surface area (Å²) < 4.78 is 18.4. The van der Waals surface area contributed by atoms with Crippen LogP contribution in [-0.4, -0.2) is 84.2 Å². The van der Waals surface area contributed by atoms with E-state index in [2.05, 4.69) is 37.5 Å². The highest BCUT2D eigenvalue weighted by Crippen LogP contribution is 2.27. The van der Waals surface area contributed by atoms with Crippen molar-refractivity contribution in [2.45, 2.75) is 6.54 Å². The number of nitrogens with zero attached hydrogens (tertiary/aromatic N) is 7. The fraction of sp³-hybridized carbons (Fsp3) is 0.385. The van der Waals surface area contributed by atoms with Crippen molar-refractivity contribution in [3.05, 3.63) is 54.5 Å². The van der Waals surface area contributed by atoms with Crippen LogP contribution in [0.2, 0.25) is 0 Å². The third-order valence-corrected chi connectivity index (χ3v) is 6.59. The van der Waals surface area contributed by atoms with E-state index in [4.69, 9.17) is 29.2 Å². The molecule has 36 heavy (non-hydrogen) atoms. The summed E-state index contributed by atoms with van der Waals surface area (Å²) in [5, 5.41) is 0. The van der Waals surface area contributed by atoms with Gasteiger partial charge in [0, 0.05) is 44.0 Å². The Morgan fingerprint density at radius 3 is 2.31 bits per heavy atom. The molecule has 0 amide bonds. The highest BCUT2D eigenvalue weighted by Gasteiger charge is 2.20. The van der Waals surface area contributed by atoms with E-state index < -0.39 is 0 Å². The number of anilines is 2. The minimum absolute atomic E-state index is 0.680. The van der Waals surface area contributed by atoms with E-state index in [-0.39, 0.29) is 0 Å². The van der Waals surface area contributed by atoms with E-state index in [9.17, 15) is 0 Å². The zero-order valence-corrected chi connectivity index (χ0v) is 20.3. The number of morpholine rings is 2. The van der Waals surface area contributed by atoms with Gasteiger partial charge in [0.25, 0.3) is 0 Å². The Morgan fingerprint density at radius 2 is 1.58 bits per heavy atom. The van der Waals surface area contributed by atoms with E-state index in [0.717, 1.165) is 71.7 Å². The normalized spacial score (nSPS) is 16.5. The predicted molar refractivity (Wildman–Crippen MR) is 137 cm³/mol. The second-order valence-electron chi connectivity index (χ2n) is 8.90. The second kappa shape index (κ2) is 10.1. The van der Waals surface area contributed by atoms with Gasteiger partial charge in [0.05, 0.1) is 52.1 Å². The van der Waals surface area contributed by atoms with Crippen molar-refractivity contribution in [2.75, 3.05) is 69.5 Å². The van der Waals surface area contributed by atoms with Crippen LogP contribution in [-0.2, 0) is 16.0 Å². The molecular weight excluding hydrogens is 458 g/mol. The quantitative estimate of drug-likeness (QED) is 0.407. The molecule has 0 unspecified atom stereocenters. The molecule has 2 saturated heterocycles. The summed E-state index contributed by atoms with van der Waals surface area (Å²) in [6.07, 6.45) is 3.72. The molecule has 10 nitrogen and oxygen atoms in total. The SMILES string of the molecule is COc1ccc(Cn2cnc3cc(-c4cc(N5CCOCC5)nc(N5CCOCC5)n4)cnc32)cc1. The number of methoxy groups -OCH3 is 1. The first-order chi connectivity index (χ1) is 17.8. The van der Waals surface area contributed by atoms with Crippen LogP contribution in [0.25, 0.3) is 22.4 Å². The van der Waals surface area contributed by atoms with E-state index in [1.807, 2.05) is 30.7 Å². The van der Waals surface area contributed by atoms with Gasteiger partial charge in [-0.1, -0.05) is 12.1 Å². The lowest BCUT2D eigenvalue weighted by molar-refractivity contribution is 0.121. The number of hydrogen-bond donors (Lipinski definition) is 0. The van der Waals surface area contributed by atoms with Crippen molar-refractivity contribution in [1.29, 1.82) is 0 Å². The van der Waals surface area contributed by atoms with Crippen LogP contribution in [0.3, 0.4) is 0 Å². The molecule has 10 heteroatoms. The summed E-state index contributed by atoms with van der Waals surface area (Å²) in [4.78, 5) is 23.7. The topological polar surface area (TPSA) is 90.7 Å². The number of pyridine rings is 1. The summed E-state index contributed by atoms with van der Waals surface area (Å²) in [5.41, 5.74) is 4.59. The highest BCUT2D eigenvalue weighted by molar-refractivity contribution is 5.78. The predicted octanol–water partition coefficient (Wildman–Crippen LogP) is 2.62. The van der Waals surface area contributed by atoms with E-state index in [0.29, 0.717) is 33.0 Å². The van der Waals surface area contributed by atoms with Gasteiger partial charge in [0.15, 0.2) is 5.65 Å². The lowest BCUT2D eigenvalue weighted by Gasteiger charge is -2.31. The van der Waals surface area contributed by atoms with E-state index in [1.165, 1.54) is 0 Å². The molecule has 0 saturated carbocycles. The molecule has 0 radical (unpaired) electrons. The molecule has 6 rings (SSSR count). The molecule has 2 fully saturated rings. The average molecular weight is 488 g/mol. The van der Waals surface area contributed by atoms with E-state index >= 15 is 0 Å². The fourth-order valence-electron chi connectivity index (χ4n) is 4.56. The molecule has 2 aliphatic rings. The standard InChI is InChI=1S/C26H29N7O3/c1-34-21-4-2-19(3-5-21)17-33-18-28-23-14-20(16-27-25(23)33)22-15-24(31-6-10-35-11-7-31)30-26(29-22)32-8-12-36-13-9-32/h2-5,14-16,18H,6-13,17H2,1H3. The molecule has 2 aliphatic heterocycles. The average Bonchev–Trinajstić information content (AvgIpc) is 3.36. The van der Waals surface area contributed by atoms with E-state index in [1.54, 1.807) is 7.11 Å². The molecule has 0 aliphatic carbocycles. The van der Waals surface area contributed by atoms with Crippen LogP contribution in [0, 0.1) is 0 Å². The Kier molecular flexibility index (Phi) is 6.35. The number of aromatic nitrogens is 5. The number of ether oxygens (including phenoxy) is 3. The second-order valence-corrected chi connectivity index (χ2v) is 8.90. The van der Waals surface area contributed by atoms with Crippen LogP contribution in [0.15, 0.2) is 48.9 Å². The van der Waals surface area contributed by atoms with Gasteiger partial charge in [-0.05, 0) is 23.8 Å². The minimum Gasteiger partial charge on any atom is -0.497 e. The summed E-state index contributed by atoms with van der Waals surface area (Å²) >= 11 is 0. The molecule has 0 N–H and O–H groups in total. The lowest BCUT2D eigenvalue weighted by Crippen LogP contribution is -2.39. The van der Waals surface area contributed by atoms with Crippen molar-refractivity contribution < 1.29 is 14.2 Å². The van der Waals surface area contributed by atoms with Crippen molar-refractivity contribution in [2.24, 2.45) is 0 Å². The maximum atomic E-state index is 5.55. The Morgan fingerprint density at radius 1 is 0.861 bits per heavy atom. The Labute approximate surface area is 209 Å². The minimum atomic E-state index is 0.680. The van der Waals surface area contributed by atoms with Crippen LogP contribution < -0.4 is 14.5 Å². The van der Waals surface area contributed by atoms with Crippen molar-refractivity contribution in [3.63, 3.8) is 0 Å². The number of fused-ring (bicyclic) bond motifs is 1. The largest absolute Gasteiger partial charge is 0.497 e. The van der Waals surface area contributed by atoms with Crippen molar-refractivity contribution >= 4 is 22.9 Å². The summed E-state index contributed by atoms with van der Waals surface area (Å²) in [7, 11) is 1.67.